The minimum atomic E-state index is 0.443. The maximum absolute atomic E-state index is 5.88. The molecule has 3 nitrogen and oxygen atoms in total. The molecular weight excluding hydrogens is 236 g/mol. The summed E-state index contributed by atoms with van der Waals surface area (Å²) in [6, 6.07) is 11.8. The van der Waals surface area contributed by atoms with Gasteiger partial charge in [-0.3, -0.25) is 4.98 Å². The first kappa shape index (κ1) is 13.4. The number of nitrogen functional groups attached to an aromatic ring is 1. The van der Waals surface area contributed by atoms with Crippen molar-refractivity contribution in [1.29, 1.82) is 0 Å². The first-order chi connectivity index (χ1) is 9.20. The minimum Gasteiger partial charge on any atom is -0.487 e. The molecule has 1 unspecified atom stereocenters. The smallest absolute Gasteiger partial charge is 0.130 e. The third-order valence-corrected chi connectivity index (χ3v) is 3.28. The monoisotopic (exact) mass is 256 g/mol. The second kappa shape index (κ2) is 6.23. The van der Waals surface area contributed by atoms with Crippen molar-refractivity contribution in [2.24, 2.45) is 0 Å². The Labute approximate surface area is 114 Å². The maximum atomic E-state index is 5.88. The Kier molecular flexibility index (Phi) is 4.39. The molecule has 0 amide bonds. The van der Waals surface area contributed by atoms with Gasteiger partial charge in [-0.15, -0.1) is 0 Å². The molecule has 2 N–H and O–H groups in total. The van der Waals surface area contributed by atoms with Crippen molar-refractivity contribution in [3.8, 4) is 5.75 Å². The van der Waals surface area contributed by atoms with Gasteiger partial charge in [0.1, 0.15) is 12.4 Å². The van der Waals surface area contributed by atoms with Gasteiger partial charge in [0.05, 0.1) is 5.69 Å². The molecule has 19 heavy (non-hydrogen) atoms. The predicted octanol–water partition coefficient (Wildman–Crippen LogP) is 3.76. The summed E-state index contributed by atoms with van der Waals surface area (Å²) in [5.74, 6) is 1.42. The quantitative estimate of drug-likeness (QED) is 0.886. The van der Waals surface area contributed by atoms with E-state index in [-0.39, 0.29) is 0 Å². The van der Waals surface area contributed by atoms with Crippen LogP contribution in [0.1, 0.15) is 37.4 Å². The summed E-state index contributed by atoms with van der Waals surface area (Å²) in [7, 11) is 0. The highest BCUT2D eigenvalue weighted by molar-refractivity contribution is 5.38. The van der Waals surface area contributed by atoms with Crippen LogP contribution in [-0.4, -0.2) is 4.98 Å². The highest BCUT2D eigenvalue weighted by Crippen LogP contribution is 2.28. The lowest BCUT2D eigenvalue weighted by Crippen LogP contribution is -2.02. The van der Waals surface area contributed by atoms with Crippen LogP contribution < -0.4 is 10.5 Å². The van der Waals surface area contributed by atoms with E-state index in [1.165, 1.54) is 5.56 Å². The number of benzene rings is 1. The van der Waals surface area contributed by atoms with Gasteiger partial charge >= 0.3 is 0 Å². The molecule has 0 radical (unpaired) electrons. The van der Waals surface area contributed by atoms with Gasteiger partial charge in [-0.25, -0.2) is 0 Å². The van der Waals surface area contributed by atoms with Crippen molar-refractivity contribution < 1.29 is 4.74 Å². The summed E-state index contributed by atoms with van der Waals surface area (Å²) in [5.41, 5.74) is 8.53. The number of hydrogen-bond acceptors (Lipinski definition) is 3. The average Bonchev–Trinajstić information content (AvgIpc) is 2.45. The van der Waals surface area contributed by atoms with Crippen LogP contribution in [0.5, 0.6) is 5.75 Å². The molecule has 100 valence electrons. The number of nitrogens with zero attached hydrogens (tertiary/aromatic N) is 1. The molecule has 1 heterocycles. The Balaban J connectivity index is 2.11. The summed E-state index contributed by atoms with van der Waals surface area (Å²) < 4.78 is 5.88. The fourth-order valence-electron chi connectivity index (χ4n) is 1.97. The van der Waals surface area contributed by atoms with E-state index >= 15 is 0 Å². The molecular formula is C16H20N2O. The number of rotatable bonds is 5. The molecule has 2 rings (SSSR count). The lowest BCUT2D eigenvalue weighted by atomic mass is 9.98. The summed E-state index contributed by atoms with van der Waals surface area (Å²) >= 11 is 0. The number of nitrogens with two attached hydrogens (primary N) is 1. The van der Waals surface area contributed by atoms with E-state index in [9.17, 15) is 0 Å². The van der Waals surface area contributed by atoms with Crippen LogP contribution in [0.15, 0.2) is 42.6 Å². The van der Waals surface area contributed by atoms with Gasteiger partial charge < -0.3 is 10.5 Å². The maximum Gasteiger partial charge on any atom is 0.130 e. The van der Waals surface area contributed by atoms with Gasteiger partial charge in [0.25, 0.3) is 0 Å². The van der Waals surface area contributed by atoms with Crippen LogP contribution in [-0.2, 0) is 6.61 Å². The zero-order chi connectivity index (χ0) is 13.7. The molecule has 2 aromatic rings. The Bertz CT molecular complexity index is 540. The molecule has 1 atom stereocenters. The summed E-state index contributed by atoms with van der Waals surface area (Å²) in [4.78, 5) is 4.24. The second-order valence-electron chi connectivity index (χ2n) is 4.72. The van der Waals surface area contributed by atoms with Crippen molar-refractivity contribution in [3.05, 3.63) is 53.9 Å². The van der Waals surface area contributed by atoms with E-state index in [2.05, 4.69) is 24.9 Å². The first-order valence-electron chi connectivity index (χ1n) is 6.62. The van der Waals surface area contributed by atoms with E-state index in [1.54, 1.807) is 12.3 Å². The first-order valence-corrected chi connectivity index (χ1v) is 6.62. The number of para-hydroxylation sites is 1. The average molecular weight is 256 g/mol. The third kappa shape index (κ3) is 3.47. The van der Waals surface area contributed by atoms with Gasteiger partial charge in [-0.1, -0.05) is 32.0 Å². The molecule has 0 aliphatic carbocycles. The van der Waals surface area contributed by atoms with E-state index in [1.807, 2.05) is 24.3 Å². The normalized spacial score (nSPS) is 12.1. The third-order valence-electron chi connectivity index (χ3n) is 3.28. The Hall–Kier alpha value is -2.03. The fraction of sp³-hybridized carbons (Fsp3) is 0.312. The SMILES string of the molecule is CCC(C)c1ccccc1OCc1cc(N)ccn1. The van der Waals surface area contributed by atoms with Crippen molar-refractivity contribution in [2.75, 3.05) is 5.73 Å². The molecule has 0 fully saturated rings. The fourth-order valence-corrected chi connectivity index (χ4v) is 1.97. The van der Waals surface area contributed by atoms with E-state index in [0.717, 1.165) is 17.9 Å². The van der Waals surface area contributed by atoms with Gasteiger partial charge in [-0.2, -0.15) is 0 Å². The Morgan fingerprint density at radius 1 is 1.26 bits per heavy atom. The second-order valence-corrected chi connectivity index (χ2v) is 4.72. The lowest BCUT2D eigenvalue weighted by Gasteiger charge is -2.15. The number of pyridine rings is 1. The van der Waals surface area contributed by atoms with Crippen LogP contribution in [0.25, 0.3) is 0 Å². The van der Waals surface area contributed by atoms with Crippen molar-refractivity contribution in [2.45, 2.75) is 32.8 Å². The van der Waals surface area contributed by atoms with Gasteiger partial charge in [-0.05, 0) is 36.1 Å². The van der Waals surface area contributed by atoms with Crippen LogP contribution >= 0.6 is 0 Å². The topological polar surface area (TPSA) is 48.1 Å². The molecule has 0 saturated carbocycles. The van der Waals surface area contributed by atoms with Crippen molar-refractivity contribution in [1.82, 2.24) is 4.98 Å². The minimum absolute atomic E-state index is 0.443. The van der Waals surface area contributed by atoms with Crippen LogP contribution in [0, 0.1) is 0 Å². The van der Waals surface area contributed by atoms with E-state index in [0.29, 0.717) is 18.2 Å². The molecule has 0 spiro atoms. The number of hydrogen-bond donors (Lipinski definition) is 1. The molecule has 0 aliphatic rings. The van der Waals surface area contributed by atoms with Crippen molar-refractivity contribution >= 4 is 5.69 Å². The zero-order valence-corrected chi connectivity index (χ0v) is 11.5. The molecule has 0 bridgehead atoms. The van der Waals surface area contributed by atoms with E-state index < -0.39 is 0 Å². The van der Waals surface area contributed by atoms with Gasteiger partial charge in [0, 0.05) is 11.9 Å². The zero-order valence-electron chi connectivity index (χ0n) is 11.5. The van der Waals surface area contributed by atoms with Crippen molar-refractivity contribution in [3.63, 3.8) is 0 Å². The predicted molar refractivity (Wildman–Crippen MR) is 78.1 cm³/mol. The number of ether oxygens (including phenoxy) is 1. The standard InChI is InChI=1S/C16H20N2O/c1-3-12(2)15-6-4-5-7-16(15)19-11-14-10-13(17)8-9-18-14/h4-10,12H,3,11H2,1-2H3,(H2,17,18). The highest BCUT2D eigenvalue weighted by atomic mass is 16.5. The van der Waals surface area contributed by atoms with Gasteiger partial charge in [0.2, 0.25) is 0 Å². The molecule has 0 saturated heterocycles. The molecule has 3 heteroatoms. The highest BCUT2D eigenvalue weighted by Gasteiger charge is 2.09. The van der Waals surface area contributed by atoms with Gasteiger partial charge in [0.15, 0.2) is 0 Å². The van der Waals surface area contributed by atoms with Crippen LogP contribution in [0.2, 0.25) is 0 Å². The number of anilines is 1. The largest absolute Gasteiger partial charge is 0.487 e. The lowest BCUT2D eigenvalue weighted by molar-refractivity contribution is 0.296. The Morgan fingerprint density at radius 3 is 2.79 bits per heavy atom. The molecule has 1 aromatic heterocycles. The van der Waals surface area contributed by atoms with Crippen LogP contribution in [0.4, 0.5) is 5.69 Å². The summed E-state index contributed by atoms with van der Waals surface area (Å²) in [5, 5.41) is 0. The van der Waals surface area contributed by atoms with Crippen LogP contribution in [0.3, 0.4) is 0 Å². The summed E-state index contributed by atoms with van der Waals surface area (Å²) in [6.45, 7) is 4.83. The molecule has 0 aliphatic heterocycles. The Morgan fingerprint density at radius 2 is 2.05 bits per heavy atom. The number of aromatic nitrogens is 1. The van der Waals surface area contributed by atoms with E-state index in [4.69, 9.17) is 10.5 Å². The summed E-state index contributed by atoms with van der Waals surface area (Å²) in [6.07, 6.45) is 2.80. The molecule has 1 aromatic carbocycles.